The number of aromatic nitrogens is 2. The van der Waals surface area contributed by atoms with Crippen molar-refractivity contribution in [3.05, 3.63) is 65.3 Å². The molecule has 0 bridgehead atoms. The SMILES string of the molecule is CC(=O)Nc1ccc(-c2cc3ccnc4c3c(n2)-c2sccc2C4=O)cc1. The van der Waals surface area contributed by atoms with Crippen LogP contribution in [0.25, 0.3) is 32.6 Å². The van der Waals surface area contributed by atoms with Gasteiger partial charge in [-0.1, -0.05) is 12.1 Å². The molecule has 0 spiro atoms. The van der Waals surface area contributed by atoms with E-state index in [-0.39, 0.29) is 11.7 Å². The van der Waals surface area contributed by atoms with Crippen LogP contribution >= 0.6 is 11.3 Å². The fourth-order valence-electron chi connectivity index (χ4n) is 3.41. The van der Waals surface area contributed by atoms with Gasteiger partial charge in [0, 0.05) is 35.3 Å². The van der Waals surface area contributed by atoms with E-state index in [1.807, 2.05) is 47.8 Å². The monoisotopic (exact) mass is 371 g/mol. The number of thiophene rings is 1. The van der Waals surface area contributed by atoms with Crippen molar-refractivity contribution in [3.63, 3.8) is 0 Å². The zero-order chi connectivity index (χ0) is 18.5. The zero-order valence-corrected chi connectivity index (χ0v) is 15.1. The summed E-state index contributed by atoms with van der Waals surface area (Å²) in [6.45, 7) is 1.48. The van der Waals surface area contributed by atoms with Gasteiger partial charge in [0.05, 0.1) is 16.3 Å². The van der Waals surface area contributed by atoms with Crippen molar-refractivity contribution in [3.8, 4) is 21.8 Å². The number of amides is 1. The highest BCUT2D eigenvalue weighted by Crippen LogP contribution is 2.41. The van der Waals surface area contributed by atoms with Gasteiger partial charge in [-0.3, -0.25) is 14.6 Å². The molecule has 1 N–H and O–H groups in total. The van der Waals surface area contributed by atoms with Crippen LogP contribution in [-0.2, 0) is 4.79 Å². The van der Waals surface area contributed by atoms with Crippen LogP contribution < -0.4 is 5.32 Å². The van der Waals surface area contributed by atoms with Crippen LogP contribution in [0, 0.1) is 0 Å². The second-order valence-electron chi connectivity index (χ2n) is 6.36. The Labute approximate surface area is 158 Å². The molecule has 1 amide bonds. The van der Waals surface area contributed by atoms with E-state index in [9.17, 15) is 9.59 Å². The molecule has 1 aliphatic carbocycles. The van der Waals surface area contributed by atoms with E-state index in [2.05, 4.69) is 10.3 Å². The third-order valence-corrected chi connectivity index (χ3v) is 5.51. The minimum Gasteiger partial charge on any atom is -0.326 e. The number of carbonyl (C=O) groups excluding carboxylic acids is 2. The minimum absolute atomic E-state index is 0.0430. The summed E-state index contributed by atoms with van der Waals surface area (Å²) < 4.78 is 0. The van der Waals surface area contributed by atoms with Crippen molar-refractivity contribution in [1.82, 2.24) is 9.97 Å². The van der Waals surface area contributed by atoms with E-state index in [1.54, 1.807) is 6.20 Å². The molecule has 0 saturated carbocycles. The molecule has 5 nitrogen and oxygen atoms in total. The molecule has 0 saturated heterocycles. The number of nitrogens with zero attached hydrogens (tertiary/aromatic N) is 2. The largest absolute Gasteiger partial charge is 0.326 e. The Bertz CT molecular complexity index is 1240. The average molecular weight is 371 g/mol. The van der Waals surface area contributed by atoms with Crippen molar-refractivity contribution in [2.45, 2.75) is 6.92 Å². The smallest absolute Gasteiger partial charge is 0.221 e. The van der Waals surface area contributed by atoms with Gasteiger partial charge in [0.2, 0.25) is 11.7 Å². The molecule has 0 aliphatic heterocycles. The van der Waals surface area contributed by atoms with Crippen LogP contribution in [0.5, 0.6) is 0 Å². The maximum absolute atomic E-state index is 12.7. The van der Waals surface area contributed by atoms with Crippen molar-refractivity contribution >= 4 is 39.5 Å². The van der Waals surface area contributed by atoms with Crippen LogP contribution in [0.2, 0.25) is 0 Å². The molecule has 1 aromatic carbocycles. The van der Waals surface area contributed by atoms with Crippen LogP contribution in [0.15, 0.2) is 54.0 Å². The second kappa shape index (κ2) is 5.82. The molecule has 1 aliphatic rings. The Morgan fingerprint density at radius 3 is 2.67 bits per heavy atom. The number of ketones is 1. The highest BCUT2D eigenvalue weighted by molar-refractivity contribution is 7.14. The number of anilines is 1. The quantitative estimate of drug-likeness (QED) is 0.495. The number of hydrogen-bond donors (Lipinski definition) is 1. The van der Waals surface area contributed by atoms with Gasteiger partial charge in [0.1, 0.15) is 5.69 Å². The number of fused-ring (bicyclic) bond motifs is 2. The highest BCUT2D eigenvalue weighted by Gasteiger charge is 2.29. The Morgan fingerprint density at radius 2 is 1.89 bits per heavy atom. The van der Waals surface area contributed by atoms with Crippen LogP contribution in [0.4, 0.5) is 5.69 Å². The summed E-state index contributed by atoms with van der Waals surface area (Å²) in [6, 6.07) is 13.3. The summed E-state index contributed by atoms with van der Waals surface area (Å²) in [7, 11) is 0. The molecule has 0 radical (unpaired) electrons. The standard InChI is InChI=1S/C21H13N3O2S/c1-11(25)23-14-4-2-12(3-5-14)16-10-13-6-8-22-18-17(13)19(24-16)21-15(20(18)26)7-9-27-21/h2-10H,1H3,(H,23,25). The zero-order valence-electron chi connectivity index (χ0n) is 14.3. The Balaban J connectivity index is 1.71. The lowest BCUT2D eigenvalue weighted by Crippen LogP contribution is -2.11. The number of hydrogen-bond acceptors (Lipinski definition) is 5. The van der Waals surface area contributed by atoms with Gasteiger partial charge < -0.3 is 5.32 Å². The first-order valence-corrected chi connectivity index (χ1v) is 9.30. The van der Waals surface area contributed by atoms with E-state index in [0.717, 1.165) is 38.3 Å². The molecule has 5 rings (SSSR count). The molecule has 4 aromatic rings. The minimum atomic E-state index is -0.106. The first-order valence-electron chi connectivity index (χ1n) is 8.42. The van der Waals surface area contributed by atoms with Gasteiger partial charge in [-0.15, -0.1) is 11.3 Å². The highest BCUT2D eigenvalue weighted by atomic mass is 32.1. The Morgan fingerprint density at radius 1 is 1.07 bits per heavy atom. The molecule has 3 heterocycles. The van der Waals surface area contributed by atoms with Crippen molar-refractivity contribution in [2.75, 3.05) is 5.32 Å². The summed E-state index contributed by atoms with van der Waals surface area (Å²) in [5.74, 6) is -0.149. The summed E-state index contributed by atoms with van der Waals surface area (Å²) in [5, 5.41) is 6.44. The summed E-state index contributed by atoms with van der Waals surface area (Å²) >= 11 is 1.52. The van der Waals surface area contributed by atoms with Crippen LogP contribution in [-0.4, -0.2) is 21.7 Å². The third-order valence-electron chi connectivity index (χ3n) is 4.59. The van der Waals surface area contributed by atoms with Gasteiger partial charge in [-0.2, -0.15) is 0 Å². The van der Waals surface area contributed by atoms with Gasteiger partial charge >= 0.3 is 0 Å². The summed E-state index contributed by atoms with van der Waals surface area (Å²) in [6.07, 6.45) is 1.67. The molecular formula is C21H13N3O2S. The van der Waals surface area contributed by atoms with Crippen LogP contribution in [0.3, 0.4) is 0 Å². The maximum Gasteiger partial charge on any atom is 0.221 e. The summed E-state index contributed by atoms with van der Waals surface area (Å²) in [5.41, 5.74) is 4.44. The predicted molar refractivity (Wildman–Crippen MR) is 106 cm³/mol. The lowest BCUT2D eigenvalue weighted by Gasteiger charge is -2.16. The number of pyridine rings is 2. The van der Waals surface area contributed by atoms with Crippen molar-refractivity contribution < 1.29 is 9.59 Å². The lowest BCUT2D eigenvalue weighted by atomic mass is 9.93. The fraction of sp³-hybridized carbons (Fsp3) is 0.0476. The molecule has 27 heavy (non-hydrogen) atoms. The second-order valence-corrected chi connectivity index (χ2v) is 7.28. The average Bonchev–Trinajstić information content (AvgIpc) is 3.16. The molecule has 0 atom stereocenters. The first-order chi connectivity index (χ1) is 13.1. The van der Waals surface area contributed by atoms with E-state index in [4.69, 9.17) is 4.98 Å². The molecule has 0 unspecified atom stereocenters. The molecule has 130 valence electrons. The van der Waals surface area contributed by atoms with Crippen molar-refractivity contribution in [1.29, 1.82) is 0 Å². The third kappa shape index (κ3) is 2.45. The van der Waals surface area contributed by atoms with Gasteiger partial charge in [-0.25, -0.2) is 4.98 Å². The van der Waals surface area contributed by atoms with Gasteiger partial charge in [0.25, 0.3) is 0 Å². The number of rotatable bonds is 2. The number of benzene rings is 1. The number of carbonyl (C=O) groups is 2. The van der Waals surface area contributed by atoms with E-state index < -0.39 is 0 Å². The Kier molecular flexibility index (Phi) is 3.42. The van der Waals surface area contributed by atoms with E-state index in [1.165, 1.54) is 18.3 Å². The topological polar surface area (TPSA) is 72.0 Å². The first kappa shape index (κ1) is 15.8. The maximum atomic E-state index is 12.7. The number of nitrogens with one attached hydrogen (secondary N) is 1. The summed E-state index contributed by atoms with van der Waals surface area (Å²) in [4.78, 5) is 34.0. The normalized spacial score (nSPS) is 12.1. The predicted octanol–water partition coefficient (Wildman–Crippen LogP) is 4.53. The lowest BCUT2D eigenvalue weighted by molar-refractivity contribution is -0.114. The fourth-order valence-corrected chi connectivity index (χ4v) is 4.30. The molecular weight excluding hydrogens is 358 g/mol. The van der Waals surface area contributed by atoms with Crippen molar-refractivity contribution in [2.24, 2.45) is 0 Å². The molecule has 3 aromatic heterocycles. The Hall–Kier alpha value is -3.38. The van der Waals surface area contributed by atoms with E-state index in [0.29, 0.717) is 11.3 Å². The van der Waals surface area contributed by atoms with Gasteiger partial charge in [-0.05, 0) is 41.1 Å². The molecule has 6 heteroatoms. The van der Waals surface area contributed by atoms with Gasteiger partial charge in [0.15, 0.2) is 0 Å². The van der Waals surface area contributed by atoms with Crippen LogP contribution in [0.1, 0.15) is 23.0 Å². The molecule has 0 fully saturated rings. The van der Waals surface area contributed by atoms with E-state index >= 15 is 0 Å².